The van der Waals surface area contributed by atoms with Crippen LogP contribution in [0.15, 0.2) is 4.90 Å². The maximum Gasteiger partial charge on any atom is 0.402 e. The molecule has 0 aliphatic heterocycles. The number of sulfonamides is 1. The van der Waals surface area contributed by atoms with Gasteiger partial charge in [0.05, 0.1) is 11.4 Å². The smallest absolute Gasteiger partial charge is 0.281 e. The van der Waals surface area contributed by atoms with Gasteiger partial charge in [-0.25, -0.2) is 8.42 Å². The van der Waals surface area contributed by atoms with Crippen molar-refractivity contribution in [3.05, 3.63) is 11.4 Å². The summed E-state index contributed by atoms with van der Waals surface area (Å²) in [5.41, 5.74) is 0.374. The van der Waals surface area contributed by atoms with E-state index in [0.717, 1.165) is 0 Å². The first-order valence-corrected chi connectivity index (χ1v) is 7.80. The molecule has 0 aliphatic rings. The summed E-state index contributed by atoms with van der Waals surface area (Å²) in [5, 5.41) is 6.26. The first kappa shape index (κ1) is 16.4. The summed E-state index contributed by atoms with van der Waals surface area (Å²) in [4.78, 5) is -0.197. The van der Waals surface area contributed by atoms with Crippen molar-refractivity contribution in [3.8, 4) is 0 Å². The molecule has 0 aliphatic carbocycles. The highest BCUT2D eigenvalue weighted by Gasteiger charge is 2.38. The molecule has 0 bridgehead atoms. The van der Waals surface area contributed by atoms with Crippen LogP contribution in [0, 0.1) is 13.8 Å². The van der Waals surface area contributed by atoms with E-state index in [9.17, 15) is 21.6 Å². The van der Waals surface area contributed by atoms with E-state index in [1.807, 2.05) is 0 Å². The van der Waals surface area contributed by atoms with E-state index in [1.54, 1.807) is 0 Å². The molecule has 0 fully saturated rings. The Bertz CT molecular complexity index is 522. The SMILES string of the molecule is Cc1n[nH]c(C)c1S(=O)(=O)N(CCBr)CC(F)(F)F. The summed E-state index contributed by atoms with van der Waals surface area (Å²) in [5.74, 6) is 0. The molecule has 0 spiro atoms. The lowest BCUT2D eigenvalue weighted by Gasteiger charge is -2.22. The molecular formula is C9H13BrF3N3O2S. The summed E-state index contributed by atoms with van der Waals surface area (Å²) >= 11 is 2.95. The van der Waals surface area contributed by atoms with Crippen molar-refractivity contribution in [1.29, 1.82) is 0 Å². The van der Waals surface area contributed by atoms with Crippen LogP contribution in [0.5, 0.6) is 0 Å². The third-order valence-electron chi connectivity index (χ3n) is 2.35. The Balaban J connectivity index is 3.21. The molecule has 0 amide bonds. The largest absolute Gasteiger partial charge is 0.402 e. The number of aromatic amines is 1. The van der Waals surface area contributed by atoms with Crippen LogP contribution in [0.25, 0.3) is 0 Å². The van der Waals surface area contributed by atoms with Crippen LogP contribution in [-0.2, 0) is 10.0 Å². The molecule has 0 saturated carbocycles. The van der Waals surface area contributed by atoms with Crippen LogP contribution in [0.4, 0.5) is 13.2 Å². The zero-order chi connectivity index (χ0) is 14.8. The van der Waals surface area contributed by atoms with Gasteiger partial charge in [0.1, 0.15) is 11.4 Å². The van der Waals surface area contributed by atoms with Gasteiger partial charge in [0, 0.05) is 11.9 Å². The Morgan fingerprint density at radius 2 is 1.95 bits per heavy atom. The van der Waals surface area contributed by atoms with Crippen molar-refractivity contribution in [2.24, 2.45) is 0 Å². The topological polar surface area (TPSA) is 66.1 Å². The quantitative estimate of drug-likeness (QED) is 0.813. The van der Waals surface area contributed by atoms with Crippen molar-refractivity contribution in [3.63, 3.8) is 0 Å². The summed E-state index contributed by atoms with van der Waals surface area (Å²) in [6, 6.07) is 0. The minimum absolute atomic E-state index is 0.109. The van der Waals surface area contributed by atoms with Crippen molar-refractivity contribution < 1.29 is 21.6 Å². The first-order valence-electron chi connectivity index (χ1n) is 5.24. The molecule has 0 unspecified atom stereocenters. The molecule has 19 heavy (non-hydrogen) atoms. The number of hydrogen-bond donors (Lipinski definition) is 1. The Kier molecular flexibility index (Phi) is 5.02. The Morgan fingerprint density at radius 3 is 2.32 bits per heavy atom. The zero-order valence-corrected chi connectivity index (χ0v) is 12.7. The first-order chi connectivity index (χ1) is 8.59. The van der Waals surface area contributed by atoms with Crippen LogP contribution in [0.3, 0.4) is 0 Å². The van der Waals surface area contributed by atoms with Crippen molar-refractivity contribution >= 4 is 26.0 Å². The second-order valence-electron chi connectivity index (χ2n) is 3.91. The zero-order valence-electron chi connectivity index (χ0n) is 10.3. The van der Waals surface area contributed by atoms with E-state index in [2.05, 4.69) is 26.1 Å². The Hall–Kier alpha value is -0.610. The molecule has 1 aromatic rings. The molecule has 110 valence electrons. The standard InChI is InChI=1S/C9H13BrF3N3O2S/c1-6-8(7(2)15-14-6)19(17,18)16(4-3-10)5-9(11,12)13/h3-5H2,1-2H3,(H,14,15). The van der Waals surface area contributed by atoms with Gasteiger partial charge in [-0.2, -0.15) is 22.6 Å². The minimum Gasteiger partial charge on any atom is -0.281 e. The van der Waals surface area contributed by atoms with E-state index in [-0.39, 0.29) is 28.2 Å². The summed E-state index contributed by atoms with van der Waals surface area (Å²) in [6.45, 7) is 1.08. The normalized spacial score (nSPS) is 13.2. The summed E-state index contributed by atoms with van der Waals surface area (Å²) in [7, 11) is -4.22. The molecule has 0 atom stereocenters. The number of aromatic nitrogens is 2. The average molecular weight is 364 g/mol. The predicted octanol–water partition coefficient (Wildman–Crippen LogP) is 1.97. The predicted molar refractivity (Wildman–Crippen MR) is 66.7 cm³/mol. The van der Waals surface area contributed by atoms with Gasteiger partial charge in [0.25, 0.3) is 0 Å². The summed E-state index contributed by atoms with van der Waals surface area (Å²) < 4.78 is 62.3. The van der Waals surface area contributed by atoms with Crippen molar-refractivity contribution in [1.82, 2.24) is 14.5 Å². The molecule has 0 saturated heterocycles. The number of hydrogen-bond acceptors (Lipinski definition) is 3. The number of rotatable bonds is 5. The van der Waals surface area contributed by atoms with Gasteiger partial charge in [0.15, 0.2) is 0 Å². The highest BCUT2D eigenvalue weighted by Crippen LogP contribution is 2.25. The fourth-order valence-corrected chi connectivity index (χ4v) is 4.05. The van der Waals surface area contributed by atoms with Gasteiger partial charge in [-0.05, 0) is 13.8 Å². The van der Waals surface area contributed by atoms with Crippen LogP contribution >= 0.6 is 15.9 Å². The monoisotopic (exact) mass is 363 g/mol. The molecule has 1 heterocycles. The number of H-pyrrole nitrogens is 1. The van der Waals surface area contributed by atoms with Crippen LogP contribution < -0.4 is 0 Å². The van der Waals surface area contributed by atoms with Gasteiger partial charge in [-0.3, -0.25) is 5.10 Å². The number of nitrogens with zero attached hydrogens (tertiary/aromatic N) is 2. The van der Waals surface area contributed by atoms with E-state index in [4.69, 9.17) is 0 Å². The minimum atomic E-state index is -4.60. The van der Waals surface area contributed by atoms with E-state index in [0.29, 0.717) is 4.31 Å². The fourth-order valence-electron chi connectivity index (χ4n) is 1.63. The number of nitrogens with one attached hydrogen (secondary N) is 1. The maximum absolute atomic E-state index is 12.5. The van der Waals surface area contributed by atoms with Gasteiger partial charge in [0.2, 0.25) is 10.0 Å². The molecule has 1 aromatic heterocycles. The third kappa shape index (κ3) is 3.93. The van der Waals surface area contributed by atoms with Gasteiger partial charge in [-0.15, -0.1) is 0 Å². The van der Waals surface area contributed by atoms with Gasteiger partial charge in [-0.1, -0.05) is 15.9 Å². The highest BCUT2D eigenvalue weighted by molar-refractivity contribution is 9.09. The molecule has 5 nitrogen and oxygen atoms in total. The van der Waals surface area contributed by atoms with Crippen LogP contribution in [0.1, 0.15) is 11.4 Å². The molecular weight excluding hydrogens is 351 g/mol. The van der Waals surface area contributed by atoms with Crippen LogP contribution in [0.2, 0.25) is 0 Å². The van der Waals surface area contributed by atoms with E-state index >= 15 is 0 Å². The Labute approximate surface area is 117 Å². The second kappa shape index (κ2) is 5.80. The third-order valence-corrected chi connectivity index (χ3v) is 4.81. The lowest BCUT2D eigenvalue weighted by Crippen LogP contribution is -2.40. The molecule has 0 radical (unpaired) electrons. The maximum atomic E-state index is 12.5. The lowest BCUT2D eigenvalue weighted by atomic mass is 10.4. The number of aryl methyl sites for hydroxylation is 2. The van der Waals surface area contributed by atoms with Crippen molar-refractivity contribution in [2.45, 2.75) is 24.9 Å². The highest BCUT2D eigenvalue weighted by atomic mass is 79.9. The average Bonchev–Trinajstić information content (AvgIpc) is 2.56. The van der Waals surface area contributed by atoms with Crippen molar-refractivity contribution in [2.75, 3.05) is 18.4 Å². The molecule has 10 heteroatoms. The fraction of sp³-hybridized carbons (Fsp3) is 0.667. The molecule has 1 N–H and O–H groups in total. The van der Waals surface area contributed by atoms with E-state index < -0.39 is 22.7 Å². The van der Waals surface area contributed by atoms with Gasteiger partial charge >= 0.3 is 6.18 Å². The Morgan fingerprint density at radius 1 is 1.37 bits per heavy atom. The van der Waals surface area contributed by atoms with Crippen LogP contribution in [-0.4, -0.2) is 47.5 Å². The van der Waals surface area contributed by atoms with E-state index in [1.165, 1.54) is 13.8 Å². The number of halogens is 4. The lowest BCUT2D eigenvalue weighted by molar-refractivity contribution is -0.135. The molecule has 1 rings (SSSR count). The number of alkyl halides is 4. The molecule has 0 aromatic carbocycles. The van der Waals surface area contributed by atoms with Gasteiger partial charge < -0.3 is 0 Å². The second-order valence-corrected chi connectivity index (χ2v) is 6.57. The summed E-state index contributed by atoms with van der Waals surface area (Å²) in [6.07, 6.45) is -4.60.